The van der Waals surface area contributed by atoms with Gasteiger partial charge in [-0.3, -0.25) is 14.5 Å². The normalized spacial score (nSPS) is 19.9. The zero-order valence-electron chi connectivity index (χ0n) is 17.1. The van der Waals surface area contributed by atoms with Gasteiger partial charge in [-0.25, -0.2) is 4.99 Å². The molecule has 1 heterocycles. The maximum atomic E-state index is 13.0. The molecular weight excluding hydrogens is 398 g/mol. The molecule has 1 saturated heterocycles. The summed E-state index contributed by atoms with van der Waals surface area (Å²) in [4.78, 5) is 32.1. The van der Waals surface area contributed by atoms with Gasteiger partial charge in [0, 0.05) is 18.2 Å². The third-order valence-corrected chi connectivity index (χ3v) is 6.18. The quantitative estimate of drug-likeness (QED) is 0.711. The zero-order chi connectivity index (χ0) is 21.1. The number of amides is 2. The summed E-state index contributed by atoms with van der Waals surface area (Å²) < 4.78 is 5.42. The van der Waals surface area contributed by atoms with Crippen molar-refractivity contribution in [2.24, 2.45) is 4.99 Å². The molecule has 156 valence electrons. The van der Waals surface area contributed by atoms with Crippen molar-refractivity contribution >= 4 is 40.1 Å². The minimum absolute atomic E-state index is 0.0170. The lowest BCUT2D eigenvalue weighted by atomic mass is 10.2. The van der Waals surface area contributed by atoms with Gasteiger partial charge in [-0.15, -0.1) is 0 Å². The number of nitrogens with one attached hydrogen (secondary N) is 1. The minimum atomic E-state index is -0.448. The van der Waals surface area contributed by atoms with E-state index in [2.05, 4.69) is 5.32 Å². The standard InChI is InChI=1S/C23H25N3O3S/c1-3-29-18-12-8-16(9-13-18)24-21(27)14-20-22(28)26(17-10-11-17)23(30-20)25-19-7-5-4-6-15(19)2/h4-9,12-13,17,20H,3,10-11,14H2,1-2H3,(H,24,27)/t20-/m0/s1. The molecular formula is C23H25N3O3S. The summed E-state index contributed by atoms with van der Waals surface area (Å²) in [5, 5.41) is 3.13. The number of rotatable bonds is 7. The Morgan fingerprint density at radius 3 is 2.60 bits per heavy atom. The Morgan fingerprint density at radius 1 is 1.20 bits per heavy atom. The first kappa shape index (κ1) is 20.5. The molecule has 1 N–H and O–H groups in total. The molecule has 1 atom stereocenters. The monoisotopic (exact) mass is 423 g/mol. The van der Waals surface area contributed by atoms with E-state index in [0.29, 0.717) is 17.5 Å². The highest BCUT2D eigenvalue weighted by Crippen LogP contribution is 2.39. The van der Waals surface area contributed by atoms with E-state index < -0.39 is 5.25 Å². The molecule has 2 fully saturated rings. The highest BCUT2D eigenvalue weighted by atomic mass is 32.2. The molecule has 6 nitrogen and oxygen atoms in total. The average Bonchev–Trinajstić information content (AvgIpc) is 3.51. The third kappa shape index (κ3) is 4.67. The number of para-hydroxylation sites is 1. The van der Waals surface area contributed by atoms with Gasteiger partial charge >= 0.3 is 0 Å². The number of hydrogen-bond donors (Lipinski definition) is 1. The Hall–Kier alpha value is -2.80. The van der Waals surface area contributed by atoms with Crippen LogP contribution in [0.5, 0.6) is 5.75 Å². The highest BCUT2D eigenvalue weighted by molar-refractivity contribution is 8.15. The molecule has 1 aliphatic heterocycles. The molecule has 1 saturated carbocycles. The molecule has 0 bridgehead atoms. The lowest BCUT2D eigenvalue weighted by molar-refractivity contribution is -0.128. The summed E-state index contributed by atoms with van der Waals surface area (Å²) in [6.07, 6.45) is 2.10. The van der Waals surface area contributed by atoms with E-state index in [1.165, 1.54) is 11.8 Å². The maximum Gasteiger partial charge on any atom is 0.242 e. The summed E-state index contributed by atoms with van der Waals surface area (Å²) in [5.74, 6) is 0.559. The van der Waals surface area contributed by atoms with E-state index in [1.807, 2.05) is 50.2 Å². The number of aryl methyl sites for hydroxylation is 1. The van der Waals surface area contributed by atoms with Crippen LogP contribution >= 0.6 is 11.8 Å². The van der Waals surface area contributed by atoms with Crippen LogP contribution in [0, 0.1) is 6.92 Å². The first-order valence-electron chi connectivity index (χ1n) is 10.2. The number of thioether (sulfide) groups is 1. The Balaban J connectivity index is 1.44. The molecule has 1 aliphatic carbocycles. The summed E-state index contributed by atoms with van der Waals surface area (Å²) in [6.45, 7) is 4.52. The zero-order valence-corrected chi connectivity index (χ0v) is 17.9. The highest BCUT2D eigenvalue weighted by Gasteiger charge is 2.46. The number of carbonyl (C=O) groups excluding carboxylic acids is 2. The molecule has 2 aliphatic rings. The fourth-order valence-corrected chi connectivity index (χ4v) is 4.54. The van der Waals surface area contributed by atoms with Gasteiger partial charge in [-0.2, -0.15) is 0 Å². The number of ether oxygens (including phenoxy) is 1. The number of benzene rings is 2. The second-order valence-electron chi connectivity index (χ2n) is 7.44. The maximum absolute atomic E-state index is 13.0. The predicted octanol–water partition coefficient (Wildman–Crippen LogP) is 4.52. The van der Waals surface area contributed by atoms with Crippen molar-refractivity contribution in [3.8, 4) is 5.75 Å². The van der Waals surface area contributed by atoms with Crippen LogP contribution in [0.3, 0.4) is 0 Å². The van der Waals surface area contributed by atoms with Crippen LogP contribution in [-0.2, 0) is 9.59 Å². The van der Waals surface area contributed by atoms with Gasteiger partial charge in [0.15, 0.2) is 5.17 Å². The predicted molar refractivity (Wildman–Crippen MR) is 120 cm³/mol. The Labute approximate surface area is 180 Å². The van der Waals surface area contributed by atoms with Crippen LogP contribution < -0.4 is 10.1 Å². The number of nitrogens with zero attached hydrogens (tertiary/aromatic N) is 2. The topological polar surface area (TPSA) is 71.0 Å². The van der Waals surface area contributed by atoms with Crippen molar-refractivity contribution in [1.29, 1.82) is 0 Å². The number of anilines is 1. The summed E-state index contributed by atoms with van der Waals surface area (Å²) >= 11 is 1.39. The van der Waals surface area contributed by atoms with Crippen LogP contribution in [0.25, 0.3) is 0 Å². The molecule has 0 spiro atoms. The average molecular weight is 424 g/mol. The van der Waals surface area contributed by atoms with Crippen molar-refractivity contribution in [2.75, 3.05) is 11.9 Å². The Morgan fingerprint density at radius 2 is 1.93 bits per heavy atom. The molecule has 2 amide bonds. The Kier molecular flexibility index (Phi) is 6.08. The number of aliphatic imine (C=N–C) groups is 1. The molecule has 7 heteroatoms. The van der Waals surface area contributed by atoms with E-state index in [-0.39, 0.29) is 24.3 Å². The molecule has 2 aromatic carbocycles. The van der Waals surface area contributed by atoms with Gasteiger partial charge in [0.1, 0.15) is 11.0 Å². The minimum Gasteiger partial charge on any atom is -0.494 e. The molecule has 2 aromatic rings. The third-order valence-electron chi connectivity index (χ3n) is 5.03. The molecule has 0 unspecified atom stereocenters. The molecule has 0 radical (unpaired) electrons. The van der Waals surface area contributed by atoms with E-state index >= 15 is 0 Å². The number of carbonyl (C=O) groups is 2. The summed E-state index contributed by atoms with van der Waals surface area (Å²) in [6, 6.07) is 15.3. The van der Waals surface area contributed by atoms with Gasteiger partial charge in [-0.05, 0) is 62.6 Å². The second kappa shape index (κ2) is 8.92. The van der Waals surface area contributed by atoms with Crippen molar-refractivity contribution in [3.63, 3.8) is 0 Å². The van der Waals surface area contributed by atoms with Crippen LogP contribution in [0.4, 0.5) is 11.4 Å². The van der Waals surface area contributed by atoms with E-state index in [9.17, 15) is 9.59 Å². The lowest BCUT2D eigenvalue weighted by Crippen LogP contribution is -2.35. The van der Waals surface area contributed by atoms with Crippen LogP contribution in [0.1, 0.15) is 31.7 Å². The molecule has 30 heavy (non-hydrogen) atoms. The smallest absolute Gasteiger partial charge is 0.242 e. The van der Waals surface area contributed by atoms with Gasteiger partial charge < -0.3 is 10.1 Å². The van der Waals surface area contributed by atoms with Crippen molar-refractivity contribution in [2.45, 2.75) is 44.4 Å². The molecule has 0 aromatic heterocycles. The van der Waals surface area contributed by atoms with Crippen LogP contribution in [0.15, 0.2) is 53.5 Å². The van der Waals surface area contributed by atoms with E-state index in [4.69, 9.17) is 9.73 Å². The van der Waals surface area contributed by atoms with Crippen LogP contribution in [0.2, 0.25) is 0 Å². The fourth-order valence-electron chi connectivity index (χ4n) is 3.34. The van der Waals surface area contributed by atoms with Gasteiger partial charge in [0.05, 0.1) is 12.3 Å². The molecule has 4 rings (SSSR count). The first-order valence-corrected chi connectivity index (χ1v) is 11.1. The lowest BCUT2D eigenvalue weighted by Gasteiger charge is -2.15. The second-order valence-corrected chi connectivity index (χ2v) is 8.61. The summed E-state index contributed by atoms with van der Waals surface area (Å²) in [7, 11) is 0. The van der Waals surface area contributed by atoms with E-state index in [1.54, 1.807) is 17.0 Å². The van der Waals surface area contributed by atoms with Gasteiger partial charge in [-0.1, -0.05) is 30.0 Å². The number of hydrogen-bond acceptors (Lipinski definition) is 5. The van der Waals surface area contributed by atoms with Gasteiger partial charge in [0.2, 0.25) is 11.8 Å². The number of amidine groups is 1. The van der Waals surface area contributed by atoms with Crippen molar-refractivity contribution < 1.29 is 14.3 Å². The first-order chi connectivity index (χ1) is 14.5. The van der Waals surface area contributed by atoms with Gasteiger partial charge in [0.25, 0.3) is 0 Å². The van der Waals surface area contributed by atoms with E-state index in [0.717, 1.165) is 29.8 Å². The SMILES string of the molecule is CCOc1ccc(NC(=O)C[C@@H]2SC(=Nc3ccccc3C)N(C3CC3)C2=O)cc1. The van der Waals surface area contributed by atoms with Crippen LogP contribution in [-0.4, -0.2) is 39.8 Å². The van der Waals surface area contributed by atoms with Crippen molar-refractivity contribution in [1.82, 2.24) is 4.90 Å². The fraction of sp³-hybridized carbons (Fsp3) is 0.348. The summed E-state index contributed by atoms with van der Waals surface area (Å²) in [5.41, 5.74) is 2.61. The Bertz CT molecular complexity index is 970. The van der Waals surface area contributed by atoms with Crippen molar-refractivity contribution in [3.05, 3.63) is 54.1 Å². The largest absolute Gasteiger partial charge is 0.494 e.